The van der Waals surface area contributed by atoms with Gasteiger partial charge in [0.15, 0.2) is 9.34 Å². The van der Waals surface area contributed by atoms with Gasteiger partial charge in [-0.2, -0.15) is 4.31 Å². The van der Waals surface area contributed by atoms with Crippen molar-refractivity contribution in [2.75, 3.05) is 12.8 Å². The summed E-state index contributed by atoms with van der Waals surface area (Å²) in [7, 11) is -2.04. The van der Waals surface area contributed by atoms with Crippen molar-refractivity contribution in [2.45, 2.75) is 17.7 Å². The molecular formula is C11H14N4O2S2. The van der Waals surface area contributed by atoms with E-state index < -0.39 is 10.0 Å². The fraction of sp³-hybridized carbons (Fsp3) is 0.273. The van der Waals surface area contributed by atoms with E-state index >= 15 is 0 Å². The van der Waals surface area contributed by atoms with Crippen LogP contribution in [0.3, 0.4) is 0 Å². The number of rotatable bonds is 4. The maximum absolute atomic E-state index is 12.4. The summed E-state index contributed by atoms with van der Waals surface area (Å²) < 4.78 is 26.2. The molecular weight excluding hydrogens is 284 g/mol. The molecule has 0 fully saturated rings. The fourth-order valence-electron chi connectivity index (χ4n) is 1.62. The lowest BCUT2D eigenvalue weighted by Gasteiger charge is -2.16. The van der Waals surface area contributed by atoms with Crippen LogP contribution in [-0.2, 0) is 16.6 Å². The Balaban J connectivity index is 2.27. The number of hydrogen-bond donors (Lipinski definition) is 1. The minimum absolute atomic E-state index is 0.191. The Morgan fingerprint density at radius 3 is 2.74 bits per heavy atom. The van der Waals surface area contributed by atoms with Crippen molar-refractivity contribution in [1.82, 2.24) is 14.3 Å². The number of aromatic nitrogens is 2. The SMILES string of the molecule is Cc1nc(N)sc1S(=O)(=O)N(C)Cc1cccnc1. The summed E-state index contributed by atoms with van der Waals surface area (Å²) in [4.78, 5) is 7.91. The molecule has 6 nitrogen and oxygen atoms in total. The van der Waals surface area contributed by atoms with Crippen LogP contribution in [0.25, 0.3) is 0 Å². The number of hydrogen-bond acceptors (Lipinski definition) is 6. The van der Waals surface area contributed by atoms with Gasteiger partial charge in [-0.1, -0.05) is 17.4 Å². The van der Waals surface area contributed by atoms with Gasteiger partial charge >= 0.3 is 0 Å². The summed E-state index contributed by atoms with van der Waals surface area (Å²) in [6.45, 7) is 1.89. The number of nitrogens with zero attached hydrogens (tertiary/aromatic N) is 3. The zero-order valence-corrected chi connectivity index (χ0v) is 12.2. The summed E-state index contributed by atoms with van der Waals surface area (Å²) in [5.74, 6) is 0. The van der Waals surface area contributed by atoms with Crippen LogP contribution in [0.4, 0.5) is 5.13 Å². The minimum atomic E-state index is -3.57. The Morgan fingerprint density at radius 1 is 1.47 bits per heavy atom. The Bertz CT molecular complexity index is 667. The molecule has 0 radical (unpaired) electrons. The van der Waals surface area contributed by atoms with Crippen molar-refractivity contribution in [3.05, 3.63) is 35.8 Å². The zero-order valence-electron chi connectivity index (χ0n) is 10.6. The first-order chi connectivity index (χ1) is 8.91. The summed E-state index contributed by atoms with van der Waals surface area (Å²) in [6, 6.07) is 3.60. The maximum Gasteiger partial charge on any atom is 0.254 e. The lowest BCUT2D eigenvalue weighted by molar-refractivity contribution is 0.467. The molecule has 2 N–H and O–H groups in total. The molecule has 8 heteroatoms. The monoisotopic (exact) mass is 298 g/mol. The third kappa shape index (κ3) is 2.91. The average Bonchev–Trinajstić information content (AvgIpc) is 2.70. The van der Waals surface area contributed by atoms with Crippen molar-refractivity contribution in [2.24, 2.45) is 0 Å². The number of nitrogen functional groups attached to an aromatic ring is 1. The lowest BCUT2D eigenvalue weighted by Crippen LogP contribution is -2.26. The largest absolute Gasteiger partial charge is 0.375 e. The second-order valence-electron chi connectivity index (χ2n) is 4.05. The summed E-state index contributed by atoms with van der Waals surface area (Å²) >= 11 is 0.982. The molecule has 19 heavy (non-hydrogen) atoms. The molecule has 2 aromatic rings. The van der Waals surface area contributed by atoms with Gasteiger partial charge in [0.25, 0.3) is 10.0 Å². The summed E-state index contributed by atoms with van der Waals surface area (Å²) in [6.07, 6.45) is 3.28. The van der Waals surface area contributed by atoms with Gasteiger partial charge in [-0.25, -0.2) is 13.4 Å². The van der Waals surface area contributed by atoms with Crippen LogP contribution >= 0.6 is 11.3 Å². The standard InChI is InChI=1S/C11H14N4O2S2/c1-8-10(18-11(12)14-8)19(16,17)15(2)7-9-4-3-5-13-6-9/h3-6H,7H2,1-2H3,(H2,12,14). The lowest BCUT2D eigenvalue weighted by atomic mass is 10.3. The first-order valence-electron chi connectivity index (χ1n) is 5.49. The van der Waals surface area contributed by atoms with Crippen LogP contribution < -0.4 is 5.73 Å². The third-order valence-electron chi connectivity index (χ3n) is 2.54. The van der Waals surface area contributed by atoms with Crippen LogP contribution in [0.15, 0.2) is 28.7 Å². The average molecular weight is 298 g/mol. The second-order valence-corrected chi connectivity index (χ2v) is 7.32. The van der Waals surface area contributed by atoms with Crippen LogP contribution in [0.2, 0.25) is 0 Å². The van der Waals surface area contributed by atoms with Crippen molar-refractivity contribution >= 4 is 26.5 Å². The van der Waals surface area contributed by atoms with Crippen molar-refractivity contribution in [3.8, 4) is 0 Å². The number of thiazole rings is 1. The predicted molar refractivity (Wildman–Crippen MR) is 74.2 cm³/mol. The highest BCUT2D eigenvalue weighted by atomic mass is 32.2. The summed E-state index contributed by atoms with van der Waals surface area (Å²) in [5, 5.41) is 0.255. The second kappa shape index (κ2) is 5.24. The number of anilines is 1. The van der Waals surface area contributed by atoms with Gasteiger partial charge in [-0.05, 0) is 18.6 Å². The fourth-order valence-corrected chi connectivity index (χ4v) is 4.26. The van der Waals surface area contributed by atoms with E-state index in [4.69, 9.17) is 5.73 Å². The molecule has 0 atom stereocenters. The highest BCUT2D eigenvalue weighted by Gasteiger charge is 2.26. The minimum Gasteiger partial charge on any atom is -0.375 e. The number of pyridine rings is 1. The van der Waals surface area contributed by atoms with Gasteiger partial charge in [0.2, 0.25) is 0 Å². The van der Waals surface area contributed by atoms with Gasteiger partial charge < -0.3 is 5.73 Å². The van der Waals surface area contributed by atoms with Crippen LogP contribution in [0.5, 0.6) is 0 Å². The van der Waals surface area contributed by atoms with E-state index in [-0.39, 0.29) is 15.9 Å². The Hall–Kier alpha value is -1.51. The Morgan fingerprint density at radius 2 is 2.21 bits per heavy atom. The topological polar surface area (TPSA) is 89.2 Å². The van der Waals surface area contributed by atoms with E-state index in [9.17, 15) is 8.42 Å². The van der Waals surface area contributed by atoms with Gasteiger partial charge in [0, 0.05) is 26.0 Å². The van der Waals surface area contributed by atoms with Gasteiger partial charge in [0.05, 0.1) is 5.69 Å². The smallest absolute Gasteiger partial charge is 0.254 e. The molecule has 0 aromatic carbocycles. The molecule has 102 valence electrons. The number of sulfonamides is 1. The molecule has 0 saturated heterocycles. The van der Waals surface area contributed by atoms with Crippen LogP contribution in [0.1, 0.15) is 11.3 Å². The van der Waals surface area contributed by atoms with E-state index in [1.807, 2.05) is 6.07 Å². The molecule has 0 aliphatic heterocycles. The van der Waals surface area contributed by atoms with E-state index in [2.05, 4.69) is 9.97 Å². The Labute approximate surface area is 116 Å². The van der Waals surface area contributed by atoms with Gasteiger partial charge in [0.1, 0.15) is 0 Å². The molecule has 0 spiro atoms. The molecule has 2 rings (SSSR count). The number of aryl methyl sites for hydroxylation is 1. The first-order valence-corrected chi connectivity index (χ1v) is 7.75. The molecule has 0 amide bonds. The maximum atomic E-state index is 12.4. The van der Waals surface area contributed by atoms with E-state index in [1.54, 1.807) is 25.4 Å². The quantitative estimate of drug-likeness (QED) is 0.917. The zero-order chi connectivity index (χ0) is 14.0. The molecule has 0 aliphatic carbocycles. The highest BCUT2D eigenvalue weighted by Crippen LogP contribution is 2.27. The molecule has 0 unspecified atom stereocenters. The van der Waals surface area contributed by atoms with Gasteiger partial charge in [-0.3, -0.25) is 4.98 Å². The van der Waals surface area contributed by atoms with Crippen molar-refractivity contribution in [1.29, 1.82) is 0 Å². The van der Waals surface area contributed by atoms with Gasteiger partial charge in [-0.15, -0.1) is 0 Å². The molecule has 0 saturated carbocycles. The van der Waals surface area contributed by atoms with Crippen molar-refractivity contribution in [3.63, 3.8) is 0 Å². The molecule has 2 aromatic heterocycles. The van der Waals surface area contributed by atoms with Crippen LogP contribution in [-0.4, -0.2) is 29.7 Å². The third-order valence-corrected chi connectivity index (χ3v) is 5.92. The normalized spacial score (nSPS) is 11.9. The molecule has 2 heterocycles. The highest BCUT2D eigenvalue weighted by molar-refractivity contribution is 7.91. The summed E-state index contributed by atoms with van der Waals surface area (Å²) in [5.41, 5.74) is 6.80. The predicted octanol–water partition coefficient (Wildman–Crippen LogP) is 1.25. The Kier molecular flexibility index (Phi) is 3.83. The van der Waals surface area contributed by atoms with Crippen LogP contribution in [0, 0.1) is 6.92 Å². The first kappa shape index (κ1) is 13.9. The van der Waals surface area contributed by atoms with Crippen molar-refractivity contribution < 1.29 is 8.42 Å². The number of nitrogens with two attached hydrogens (primary N) is 1. The van der Waals surface area contributed by atoms with E-state index in [0.717, 1.165) is 16.9 Å². The molecule has 0 aliphatic rings. The van der Waals surface area contributed by atoms with E-state index in [1.165, 1.54) is 11.4 Å². The van der Waals surface area contributed by atoms with E-state index in [0.29, 0.717) is 5.69 Å². The molecule has 0 bridgehead atoms.